The maximum Gasteiger partial charge on any atom is 0.315 e. The van der Waals surface area contributed by atoms with Crippen molar-refractivity contribution in [2.75, 3.05) is 6.79 Å². The van der Waals surface area contributed by atoms with E-state index in [2.05, 4.69) is 20.7 Å². The molecule has 0 aliphatic carbocycles. The van der Waals surface area contributed by atoms with E-state index in [4.69, 9.17) is 9.47 Å². The molecular weight excluding hydrogens is 329 g/mol. The van der Waals surface area contributed by atoms with Crippen molar-refractivity contribution in [3.05, 3.63) is 41.2 Å². The van der Waals surface area contributed by atoms with Crippen molar-refractivity contribution < 1.29 is 18.7 Å². The topological polar surface area (TPSA) is 90.3 Å². The molecule has 0 saturated heterocycles. The average Bonchev–Trinajstić information content (AvgIpc) is 3.07. The first-order valence-electron chi connectivity index (χ1n) is 8.12. The minimum absolute atomic E-state index is 0.0136. The van der Waals surface area contributed by atoms with Gasteiger partial charge < -0.3 is 20.1 Å². The molecule has 2 aliphatic heterocycles. The number of carbonyl (C=O) groups is 1. The zero-order chi connectivity index (χ0) is 17.2. The lowest BCUT2D eigenvalue weighted by molar-refractivity contribution is -0.0173. The van der Waals surface area contributed by atoms with E-state index >= 15 is 0 Å². The number of rotatable bonds is 3. The van der Waals surface area contributed by atoms with Crippen molar-refractivity contribution in [2.45, 2.75) is 38.6 Å². The van der Waals surface area contributed by atoms with E-state index in [0.717, 1.165) is 18.7 Å². The summed E-state index contributed by atoms with van der Waals surface area (Å²) in [5, 5.41) is 9.80. The van der Waals surface area contributed by atoms with Crippen molar-refractivity contribution in [3.63, 3.8) is 0 Å². The molecule has 0 fully saturated rings. The quantitative estimate of drug-likeness (QED) is 0.868. The molecule has 2 amide bonds. The Kier molecular flexibility index (Phi) is 4.22. The summed E-state index contributed by atoms with van der Waals surface area (Å²) in [6.45, 7) is 1.19. The molecule has 2 N–H and O–H groups in total. The van der Waals surface area contributed by atoms with E-state index in [1.807, 2.05) is 0 Å². The van der Waals surface area contributed by atoms with E-state index in [9.17, 15) is 9.18 Å². The second-order valence-corrected chi connectivity index (χ2v) is 6.08. The van der Waals surface area contributed by atoms with Gasteiger partial charge in [0.2, 0.25) is 0 Å². The second kappa shape index (κ2) is 6.67. The van der Waals surface area contributed by atoms with Crippen LogP contribution in [0.15, 0.2) is 18.5 Å². The summed E-state index contributed by atoms with van der Waals surface area (Å²) in [5.41, 5.74) is 1.24. The molecule has 8 nitrogen and oxygen atoms in total. The molecular formula is C16H18FN5O3. The van der Waals surface area contributed by atoms with Gasteiger partial charge in [0.15, 0.2) is 6.79 Å². The number of aromatic nitrogens is 3. The molecule has 1 aromatic carbocycles. The highest BCUT2D eigenvalue weighted by atomic mass is 19.1. The largest absolute Gasteiger partial charge is 0.467 e. The Labute approximate surface area is 143 Å². The van der Waals surface area contributed by atoms with Crippen LogP contribution in [0.1, 0.15) is 23.4 Å². The lowest BCUT2D eigenvalue weighted by atomic mass is 10.1. The number of carbonyl (C=O) groups excluding carboxylic acids is 1. The Balaban J connectivity index is 1.36. The number of amides is 2. The number of halogens is 1. The minimum Gasteiger partial charge on any atom is -0.467 e. The summed E-state index contributed by atoms with van der Waals surface area (Å²) < 4.78 is 26.1. The zero-order valence-electron chi connectivity index (χ0n) is 13.5. The number of fused-ring (bicyclic) bond motifs is 2. The van der Waals surface area contributed by atoms with Crippen LogP contribution >= 0.6 is 0 Å². The molecule has 0 spiro atoms. The van der Waals surface area contributed by atoms with Crippen molar-refractivity contribution in [3.8, 4) is 5.75 Å². The van der Waals surface area contributed by atoms with Gasteiger partial charge in [-0.05, 0) is 18.6 Å². The molecule has 3 heterocycles. The molecule has 9 heteroatoms. The van der Waals surface area contributed by atoms with Gasteiger partial charge in [-0.15, -0.1) is 0 Å². The maximum atomic E-state index is 13.7. The number of urea groups is 1. The van der Waals surface area contributed by atoms with Gasteiger partial charge in [0.05, 0.1) is 19.2 Å². The third-order valence-corrected chi connectivity index (χ3v) is 4.33. The molecule has 132 valence electrons. The molecule has 0 bridgehead atoms. The molecule has 0 saturated carbocycles. The predicted molar refractivity (Wildman–Crippen MR) is 84.2 cm³/mol. The van der Waals surface area contributed by atoms with Crippen LogP contribution in [0.2, 0.25) is 0 Å². The standard InChI is InChI=1S/C16H18FN5O3/c17-12-3-10(15-11(4-12)7-24-9-25-15)5-18-16(23)21-13-1-2-14-19-8-20-22(14)6-13/h3-4,8,13H,1-2,5-7,9H2,(H2,18,21,23). The van der Waals surface area contributed by atoms with Crippen molar-refractivity contribution in [2.24, 2.45) is 0 Å². The number of ether oxygens (including phenoxy) is 2. The summed E-state index contributed by atoms with van der Waals surface area (Å²) in [4.78, 5) is 16.3. The summed E-state index contributed by atoms with van der Waals surface area (Å²) in [6.07, 6.45) is 3.10. The first-order valence-corrected chi connectivity index (χ1v) is 8.12. The van der Waals surface area contributed by atoms with Crippen molar-refractivity contribution >= 4 is 6.03 Å². The molecule has 25 heavy (non-hydrogen) atoms. The Bertz CT molecular complexity index is 794. The summed E-state index contributed by atoms with van der Waals surface area (Å²) in [5.74, 6) is 1.14. The minimum atomic E-state index is -0.379. The van der Waals surface area contributed by atoms with Crippen LogP contribution < -0.4 is 15.4 Å². The van der Waals surface area contributed by atoms with Crippen LogP contribution in [-0.4, -0.2) is 33.6 Å². The van der Waals surface area contributed by atoms with Gasteiger partial charge in [-0.1, -0.05) is 0 Å². The van der Waals surface area contributed by atoms with E-state index in [1.54, 1.807) is 4.68 Å². The number of aryl methyl sites for hydroxylation is 1. The average molecular weight is 347 g/mol. The van der Waals surface area contributed by atoms with Crippen LogP contribution in [-0.2, 0) is 30.9 Å². The highest BCUT2D eigenvalue weighted by Gasteiger charge is 2.22. The summed E-state index contributed by atoms with van der Waals surface area (Å²) in [6, 6.07) is 2.43. The van der Waals surface area contributed by atoms with E-state index in [1.165, 1.54) is 18.5 Å². The van der Waals surface area contributed by atoms with Crippen LogP contribution in [0.5, 0.6) is 5.75 Å². The lowest BCUT2D eigenvalue weighted by Gasteiger charge is -2.24. The van der Waals surface area contributed by atoms with Gasteiger partial charge in [0.25, 0.3) is 0 Å². The molecule has 0 radical (unpaired) electrons. The van der Waals surface area contributed by atoms with E-state index < -0.39 is 0 Å². The molecule has 4 rings (SSSR count). The Hall–Kier alpha value is -2.68. The Morgan fingerprint density at radius 1 is 1.44 bits per heavy atom. The smallest absolute Gasteiger partial charge is 0.315 e. The van der Waals surface area contributed by atoms with Gasteiger partial charge in [0.1, 0.15) is 23.7 Å². The van der Waals surface area contributed by atoms with Gasteiger partial charge in [0, 0.05) is 24.1 Å². The van der Waals surface area contributed by atoms with Crippen LogP contribution in [0.25, 0.3) is 0 Å². The fourth-order valence-electron chi connectivity index (χ4n) is 3.16. The molecule has 1 aromatic heterocycles. The Morgan fingerprint density at radius 2 is 2.36 bits per heavy atom. The third-order valence-electron chi connectivity index (χ3n) is 4.33. The van der Waals surface area contributed by atoms with Gasteiger partial charge in [-0.2, -0.15) is 5.10 Å². The fourth-order valence-corrected chi connectivity index (χ4v) is 3.16. The highest BCUT2D eigenvalue weighted by Crippen LogP contribution is 2.29. The van der Waals surface area contributed by atoms with E-state index in [0.29, 0.717) is 30.0 Å². The normalized spacial score (nSPS) is 18.7. The first-order chi connectivity index (χ1) is 12.2. The van der Waals surface area contributed by atoms with Crippen molar-refractivity contribution in [1.82, 2.24) is 25.4 Å². The Morgan fingerprint density at radius 3 is 3.28 bits per heavy atom. The first kappa shape index (κ1) is 15.8. The van der Waals surface area contributed by atoms with Crippen LogP contribution in [0.3, 0.4) is 0 Å². The highest BCUT2D eigenvalue weighted by molar-refractivity contribution is 5.74. The molecule has 1 atom stereocenters. The van der Waals surface area contributed by atoms with Gasteiger partial charge >= 0.3 is 6.03 Å². The maximum absolute atomic E-state index is 13.7. The number of hydrogen-bond donors (Lipinski definition) is 2. The van der Waals surface area contributed by atoms with Crippen LogP contribution in [0.4, 0.5) is 9.18 Å². The van der Waals surface area contributed by atoms with Gasteiger partial charge in [-0.25, -0.2) is 18.9 Å². The SMILES string of the molecule is O=C(NCc1cc(F)cc2c1OCOC2)NC1CCc2ncnn2C1. The number of hydrogen-bond acceptors (Lipinski definition) is 5. The fraction of sp³-hybridized carbons (Fsp3) is 0.438. The zero-order valence-corrected chi connectivity index (χ0v) is 13.5. The summed E-state index contributed by atoms with van der Waals surface area (Å²) >= 11 is 0. The predicted octanol–water partition coefficient (Wildman–Crippen LogP) is 1.10. The summed E-state index contributed by atoms with van der Waals surface area (Å²) in [7, 11) is 0. The lowest BCUT2D eigenvalue weighted by Crippen LogP contribution is -2.45. The molecule has 2 aliphatic rings. The number of nitrogens with zero attached hydrogens (tertiary/aromatic N) is 3. The van der Waals surface area contributed by atoms with Crippen LogP contribution in [0, 0.1) is 5.82 Å². The molecule has 2 aromatic rings. The number of nitrogens with one attached hydrogen (secondary N) is 2. The number of benzene rings is 1. The monoisotopic (exact) mass is 347 g/mol. The second-order valence-electron chi connectivity index (χ2n) is 6.08. The van der Waals surface area contributed by atoms with Gasteiger partial charge in [-0.3, -0.25) is 0 Å². The van der Waals surface area contributed by atoms with E-state index in [-0.39, 0.29) is 31.2 Å². The molecule has 1 unspecified atom stereocenters. The third kappa shape index (κ3) is 3.41. The van der Waals surface area contributed by atoms with Crippen molar-refractivity contribution in [1.29, 1.82) is 0 Å².